The second-order valence-corrected chi connectivity index (χ2v) is 9.17. The summed E-state index contributed by atoms with van der Waals surface area (Å²) in [4.78, 5) is 23.1. The number of anilines is 1. The molecule has 31 heavy (non-hydrogen) atoms. The zero-order valence-corrected chi connectivity index (χ0v) is 20.4. The highest BCUT2D eigenvalue weighted by Gasteiger charge is 2.01. The van der Waals surface area contributed by atoms with Gasteiger partial charge in [-0.05, 0) is 56.7 Å². The van der Waals surface area contributed by atoms with Crippen molar-refractivity contribution >= 4 is 29.4 Å². The van der Waals surface area contributed by atoms with E-state index in [0.29, 0.717) is 19.6 Å². The summed E-state index contributed by atoms with van der Waals surface area (Å²) >= 11 is 1.98. The molecule has 2 amide bonds. The monoisotopic (exact) mass is 450 g/mol. The first-order chi connectivity index (χ1) is 15.1. The lowest BCUT2D eigenvalue weighted by Crippen LogP contribution is -2.29. The lowest BCUT2D eigenvalue weighted by atomic mass is 10.1. The van der Waals surface area contributed by atoms with Gasteiger partial charge < -0.3 is 15.4 Å². The average molecular weight is 451 g/mol. The first kappa shape index (κ1) is 27.3. The number of aryl methyl sites for hydroxylation is 1. The number of esters is 1. The molecule has 2 N–H and O–H groups in total. The average Bonchev–Trinajstić information content (AvgIpc) is 2.75. The van der Waals surface area contributed by atoms with Gasteiger partial charge in [-0.3, -0.25) is 4.79 Å². The fourth-order valence-electron chi connectivity index (χ4n) is 3.23. The minimum Gasteiger partial charge on any atom is -0.466 e. The van der Waals surface area contributed by atoms with Crippen LogP contribution in [0.15, 0.2) is 24.3 Å². The minimum atomic E-state index is -0.132. The smallest absolute Gasteiger partial charge is 0.319 e. The second kappa shape index (κ2) is 19.0. The molecular formula is C25H42N2O3S. The number of carbonyl (C=O) groups is 2. The van der Waals surface area contributed by atoms with Crippen molar-refractivity contribution in [2.24, 2.45) is 0 Å². The number of amides is 2. The molecule has 1 aromatic carbocycles. The number of nitrogens with one attached hydrogen (secondary N) is 2. The molecule has 0 bridgehead atoms. The topological polar surface area (TPSA) is 67.4 Å². The Bertz CT molecular complexity index is 593. The molecule has 1 aromatic rings. The molecule has 0 spiro atoms. The van der Waals surface area contributed by atoms with Crippen molar-refractivity contribution in [1.82, 2.24) is 5.32 Å². The Kier molecular flexibility index (Phi) is 16.8. The summed E-state index contributed by atoms with van der Waals surface area (Å²) in [5, 5.41) is 5.77. The van der Waals surface area contributed by atoms with E-state index in [4.69, 9.17) is 4.74 Å². The third-order valence-electron chi connectivity index (χ3n) is 5.04. The van der Waals surface area contributed by atoms with Crippen LogP contribution >= 0.6 is 11.8 Å². The number of benzene rings is 1. The molecule has 0 aromatic heterocycles. The maximum Gasteiger partial charge on any atom is 0.319 e. The van der Waals surface area contributed by atoms with Gasteiger partial charge in [0.1, 0.15) is 0 Å². The van der Waals surface area contributed by atoms with Crippen LogP contribution in [-0.4, -0.2) is 36.7 Å². The van der Waals surface area contributed by atoms with Gasteiger partial charge in [0.2, 0.25) is 0 Å². The summed E-state index contributed by atoms with van der Waals surface area (Å²) in [5.41, 5.74) is 2.01. The Morgan fingerprint density at radius 2 is 1.42 bits per heavy atom. The number of unbranched alkanes of at least 4 members (excludes halogenated alkanes) is 8. The van der Waals surface area contributed by atoms with E-state index in [1.807, 2.05) is 49.9 Å². The zero-order chi connectivity index (χ0) is 22.6. The van der Waals surface area contributed by atoms with E-state index in [1.165, 1.54) is 56.3 Å². The van der Waals surface area contributed by atoms with Crippen LogP contribution in [0, 0.1) is 6.92 Å². The highest BCUT2D eigenvalue weighted by Crippen LogP contribution is 2.13. The predicted molar refractivity (Wildman–Crippen MR) is 133 cm³/mol. The SMILES string of the molecule is CCOC(=O)CCCCCCCCCCCSCCCNC(=O)Nc1ccc(C)cc1. The van der Waals surface area contributed by atoms with Crippen molar-refractivity contribution in [3.8, 4) is 0 Å². The number of hydrogen-bond donors (Lipinski definition) is 2. The normalized spacial score (nSPS) is 10.6. The molecule has 0 aliphatic heterocycles. The van der Waals surface area contributed by atoms with Gasteiger partial charge in [-0.15, -0.1) is 0 Å². The van der Waals surface area contributed by atoms with Gasteiger partial charge in [0, 0.05) is 18.7 Å². The molecule has 0 atom stereocenters. The van der Waals surface area contributed by atoms with Gasteiger partial charge >= 0.3 is 12.0 Å². The minimum absolute atomic E-state index is 0.0553. The number of carbonyl (C=O) groups excluding carboxylic acids is 2. The first-order valence-electron chi connectivity index (χ1n) is 12.0. The number of thioether (sulfide) groups is 1. The van der Waals surface area contributed by atoms with Crippen LogP contribution in [0.2, 0.25) is 0 Å². The maximum atomic E-state index is 11.8. The quantitative estimate of drug-likeness (QED) is 0.193. The van der Waals surface area contributed by atoms with E-state index < -0.39 is 0 Å². The Morgan fingerprint density at radius 3 is 2.06 bits per heavy atom. The molecule has 0 unspecified atom stereocenters. The zero-order valence-electron chi connectivity index (χ0n) is 19.5. The molecule has 0 fully saturated rings. The third kappa shape index (κ3) is 16.6. The summed E-state index contributed by atoms with van der Waals surface area (Å²) in [6, 6.07) is 7.68. The highest BCUT2D eigenvalue weighted by molar-refractivity contribution is 7.99. The van der Waals surface area contributed by atoms with Gasteiger partial charge in [0.05, 0.1) is 6.61 Å². The number of ether oxygens (including phenoxy) is 1. The van der Waals surface area contributed by atoms with Crippen LogP contribution in [-0.2, 0) is 9.53 Å². The molecule has 0 saturated carbocycles. The largest absolute Gasteiger partial charge is 0.466 e. The summed E-state index contributed by atoms with van der Waals surface area (Å²) in [5.74, 6) is 2.25. The number of urea groups is 1. The van der Waals surface area contributed by atoms with Crippen LogP contribution in [0.3, 0.4) is 0 Å². The molecule has 0 radical (unpaired) electrons. The second-order valence-electron chi connectivity index (χ2n) is 7.95. The Morgan fingerprint density at radius 1 is 0.839 bits per heavy atom. The van der Waals surface area contributed by atoms with Crippen LogP contribution in [0.25, 0.3) is 0 Å². The Labute approximate surface area is 193 Å². The molecule has 176 valence electrons. The van der Waals surface area contributed by atoms with Crippen LogP contribution in [0.4, 0.5) is 10.5 Å². The van der Waals surface area contributed by atoms with Crippen molar-refractivity contribution in [1.29, 1.82) is 0 Å². The maximum absolute atomic E-state index is 11.8. The van der Waals surface area contributed by atoms with Gasteiger partial charge in [0.25, 0.3) is 0 Å². The molecule has 0 aliphatic carbocycles. The number of hydrogen-bond acceptors (Lipinski definition) is 4. The molecule has 0 aliphatic rings. The molecule has 6 heteroatoms. The molecule has 0 heterocycles. The molecular weight excluding hydrogens is 408 g/mol. The summed E-state index contributed by atoms with van der Waals surface area (Å²) in [6.07, 6.45) is 12.7. The fraction of sp³-hybridized carbons (Fsp3) is 0.680. The van der Waals surface area contributed by atoms with E-state index >= 15 is 0 Å². The van der Waals surface area contributed by atoms with Crippen molar-refractivity contribution in [2.45, 2.75) is 84.5 Å². The lowest BCUT2D eigenvalue weighted by molar-refractivity contribution is -0.143. The van der Waals surface area contributed by atoms with E-state index in [2.05, 4.69) is 10.6 Å². The summed E-state index contributed by atoms with van der Waals surface area (Å²) in [7, 11) is 0. The Hall–Kier alpha value is -1.69. The van der Waals surface area contributed by atoms with Gasteiger partial charge in [0.15, 0.2) is 0 Å². The number of rotatable bonds is 18. The molecule has 5 nitrogen and oxygen atoms in total. The predicted octanol–water partition coefficient (Wildman–Crippen LogP) is 6.70. The van der Waals surface area contributed by atoms with Crippen molar-refractivity contribution in [3.63, 3.8) is 0 Å². The van der Waals surface area contributed by atoms with Crippen LogP contribution < -0.4 is 10.6 Å². The Balaban J connectivity index is 1.78. The summed E-state index contributed by atoms with van der Waals surface area (Å²) in [6.45, 7) is 5.08. The fourth-order valence-corrected chi connectivity index (χ4v) is 4.20. The van der Waals surface area contributed by atoms with Crippen molar-refractivity contribution in [3.05, 3.63) is 29.8 Å². The third-order valence-corrected chi connectivity index (χ3v) is 6.19. The van der Waals surface area contributed by atoms with Gasteiger partial charge in [-0.25, -0.2) is 4.79 Å². The van der Waals surface area contributed by atoms with E-state index in [9.17, 15) is 9.59 Å². The highest BCUT2D eigenvalue weighted by atomic mass is 32.2. The molecule has 0 saturated heterocycles. The first-order valence-corrected chi connectivity index (χ1v) is 13.1. The standard InChI is InChI=1S/C25H42N2O3S/c1-3-30-24(28)14-11-9-7-5-4-6-8-10-12-20-31-21-13-19-26-25(29)27-23-17-15-22(2)16-18-23/h15-18H,3-14,19-21H2,1-2H3,(H2,26,27,29). The van der Waals surface area contributed by atoms with E-state index in [0.717, 1.165) is 30.7 Å². The van der Waals surface area contributed by atoms with E-state index in [1.54, 1.807) is 0 Å². The lowest BCUT2D eigenvalue weighted by Gasteiger charge is -2.08. The molecule has 1 rings (SSSR count). The van der Waals surface area contributed by atoms with Crippen LogP contribution in [0.5, 0.6) is 0 Å². The van der Waals surface area contributed by atoms with Gasteiger partial charge in [-0.2, -0.15) is 11.8 Å². The van der Waals surface area contributed by atoms with Crippen LogP contribution in [0.1, 0.15) is 83.1 Å². The van der Waals surface area contributed by atoms with E-state index in [-0.39, 0.29) is 12.0 Å². The van der Waals surface area contributed by atoms with Gasteiger partial charge in [-0.1, -0.05) is 62.6 Å². The van der Waals surface area contributed by atoms with Crippen molar-refractivity contribution < 1.29 is 14.3 Å². The summed E-state index contributed by atoms with van der Waals surface area (Å²) < 4.78 is 4.93. The van der Waals surface area contributed by atoms with Crippen molar-refractivity contribution in [2.75, 3.05) is 30.0 Å².